The number of hydrogen-bond acceptors (Lipinski definition) is 3. The summed E-state index contributed by atoms with van der Waals surface area (Å²) in [7, 11) is -0.943. The fourth-order valence-electron chi connectivity index (χ4n) is 1.10. The Balaban J connectivity index is 2.80. The van der Waals surface area contributed by atoms with Gasteiger partial charge in [0.2, 0.25) is 0 Å². The number of rotatable bonds is 2. The third-order valence-corrected chi connectivity index (χ3v) is 5.94. The maximum Gasteiger partial charge on any atom is 0.160 e. The van der Waals surface area contributed by atoms with Crippen LogP contribution in [0.3, 0.4) is 0 Å². The second-order valence-corrected chi connectivity index (χ2v) is 6.31. The van der Waals surface area contributed by atoms with E-state index in [2.05, 4.69) is 0 Å². The van der Waals surface area contributed by atoms with E-state index in [1.54, 1.807) is 6.92 Å². The predicted molar refractivity (Wildman–Crippen MR) is 49.2 cm³/mol. The third kappa shape index (κ3) is 1.51. The Kier molecular flexibility index (Phi) is 2.75. The van der Waals surface area contributed by atoms with Gasteiger partial charge in [-0.3, -0.25) is 9.00 Å². The van der Waals surface area contributed by atoms with Crippen molar-refractivity contribution < 1.29 is 9.00 Å². The summed E-state index contributed by atoms with van der Waals surface area (Å²) in [5.74, 6) is 1.65. The second-order valence-electron chi connectivity index (χ2n) is 2.62. The van der Waals surface area contributed by atoms with Crippen molar-refractivity contribution in [1.29, 1.82) is 0 Å². The standard InChI is InChI=1S/C7H12O2S2/c1-3-6(8)7(2)10-4-5-11(7)9/h3-5H2,1-2H3. The fraction of sp³-hybridized carbons (Fsp3) is 0.857. The van der Waals surface area contributed by atoms with Crippen LogP contribution in [0.1, 0.15) is 20.3 Å². The highest BCUT2D eigenvalue weighted by molar-refractivity contribution is 8.16. The maximum atomic E-state index is 11.4. The molecule has 1 rings (SSSR count). The molecule has 2 nitrogen and oxygen atoms in total. The quantitative estimate of drug-likeness (QED) is 0.659. The van der Waals surface area contributed by atoms with E-state index in [4.69, 9.17) is 0 Å². The largest absolute Gasteiger partial charge is 0.297 e. The molecule has 0 aromatic rings. The Morgan fingerprint density at radius 3 is 2.73 bits per heavy atom. The molecule has 1 heterocycles. The Labute approximate surface area is 73.6 Å². The van der Waals surface area contributed by atoms with E-state index in [9.17, 15) is 9.00 Å². The van der Waals surface area contributed by atoms with Crippen LogP contribution in [0, 0.1) is 0 Å². The van der Waals surface area contributed by atoms with Crippen molar-refractivity contribution >= 4 is 28.3 Å². The van der Waals surface area contributed by atoms with E-state index < -0.39 is 14.9 Å². The van der Waals surface area contributed by atoms with Gasteiger partial charge >= 0.3 is 0 Å². The van der Waals surface area contributed by atoms with Crippen molar-refractivity contribution in [1.82, 2.24) is 0 Å². The summed E-state index contributed by atoms with van der Waals surface area (Å²) < 4.78 is 10.8. The summed E-state index contributed by atoms with van der Waals surface area (Å²) in [5, 5.41) is 0. The monoisotopic (exact) mass is 192 g/mol. The number of carbonyl (C=O) groups excluding carboxylic acids is 1. The van der Waals surface area contributed by atoms with Crippen molar-refractivity contribution in [3.8, 4) is 0 Å². The Morgan fingerprint density at radius 2 is 2.36 bits per heavy atom. The topological polar surface area (TPSA) is 34.1 Å². The fourth-order valence-corrected chi connectivity index (χ4v) is 4.55. The molecule has 1 fully saturated rings. The highest BCUT2D eigenvalue weighted by Gasteiger charge is 2.42. The number of carbonyl (C=O) groups is 1. The van der Waals surface area contributed by atoms with E-state index in [1.165, 1.54) is 11.8 Å². The van der Waals surface area contributed by atoms with Gasteiger partial charge in [0, 0.05) is 28.7 Å². The molecule has 11 heavy (non-hydrogen) atoms. The molecule has 0 saturated carbocycles. The average Bonchev–Trinajstić information content (AvgIpc) is 2.32. The molecule has 4 heteroatoms. The molecule has 0 spiro atoms. The molecule has 0 bridgehead atoms. The zero-order valence-corrected chi connectivity index (χ0v) is 8.39. The lowest BCUT2D eigenvalue weighted by Crippen LogP contribution is -2.32. The van der Waals surface area contributed by atoms with Gasteiger partial charge in [-0.1, -0.05) is 6.92 Å². The lowest BCUT2D eigenvalue weighted by atomic mass is 10.2. The molecule has 64 valence electrons. The summed E-state index contributed by atoms with van der Waals surface area (Å²) >= 11 is 1.54. The SMILES string of the molecule is CCC(=O)C1(C)SCCS1=O. The number of hydrogen-bond donors (Lipinski definition) is 0. The van der Waals surface area contributed by atoms with Gasteiger partial charge in [0.25, 0.3) is 0 Å². The Morgan fingerprint density at radius 1 is 1.73 bits per heavy atom. The molecule has 2 unspecified atom stereocenters. The molecular weight excluding hydrogens is 180 g/mol. The first kappa shape index (κ1) is 9.26. The number of thioether (sulfide) groups is 1. The highest BCUT2D eigenvalue weighted by atomic mass is 32.2. The number of Topliss-reactive ketones (excluding diaryl/α,β-unsaturated/α-hetero) is 1. The van der Waals surface area contributed by atoms with Crippen LogP contribution in [0.5, 0.6) is 0 Å². The van der Waals surface area contributed by atoms with E-state index in [-0.39, 0.29) is 5.78 Å². The first-order valence-electron chi connectivity index (χ1n) is 3.67. The van der Waals surface area contributed by atoms with E-state index in [0.717, 1.165) is 5.75 Å². The molecule has 2 atom stereocenters. The molecule has 0 aromatic heterocycles. The van der Waals surface area contributed by atoms with Crippen molar-refractivity contribution in [2.24, 2.45) is 0 Å². The summed E-state index contributed by atoms with van der Waals surface area (Å²) in [6.45, 7) is 3.62. The minimum absolute atomic E-state index is 0.123. The van der Waals surface area contributed by atoms with Crippen LogP contribution in [0.15, 0.2) is 0 Å². The van der Waals surface area contributed by atoms with Crippen LogP contribution >= 0.6 is 11.8 Å². The van der Waals surface area contributed by atoms with Crippen molar-refractivity contribution in [2.75, 3.05) is 11.5 Å². The summed E-state index contributed by atoms with van der Waals surface area (Å²) in [4.78, 5) is 11.3. The normalized spacial score (nSPS) is 37.5. The third-order valence-electron chi connectivity index (χ3n) is 1.91. The maximum absolute atomic E-state index is 11.4. The number of ketones is 1. The lowest BCUT2D eigenvalue weighted by molar-refractivity contribution is -0.118. The summed E-state index contributed by atoms with van der Waals surface area (Å²) in [5.41, 5.74) is 0. The summed E-state index contributed by atoms with van der Waals surface area (Å²) in [6.07, 6.45) is 0.495. The lowest BCUT2D eigenvalue weighted by Gasteiger charge is -2.18. The van der Waals surface area contributed by atoms with Gasteiger partial charge in [0.05, 0.1) is 0 Å². The van der Waals surface area contributed by atoms with Crippen LogP contribution in [-0.2, 0) is 15.6 Å². The first-order chi connectivity index (χ1) is 5.11. The summed E-state index contributed by atoms with van der Waals surface area (Å²) in [6, 6.07) is 0. The Hall–Kier alpha value is 0.170. The molecule has 0 aliphatic carbocycles. The van der Waals surface area contributed by atoms with Crippen LogP contribution < -0.4 is 0 Å². The predicted octanol–water partition coefficient (Wildman–Crippen LogP) is 1.18. The minimum atomic E-state index is -0.943. The molecule has 0 N–H and O–H groups in total. The molecule has 1 aliphatic rings. The van der Waals surface area contributed by atoms with Gasteiger partial charge < -0.3 is 0 Å². The molecule has 0 aromatic carbocycles. The first-order valence-corrected chi connectivity index (χ1v) is 5.97. The van der Waals surface area contributed by atoms with Crippen molar-refractivity contribution in [3.63, 3.8) is 0 Å². The van der Waals surface area contributed by atoms with Crippen LogP contribution in [0.25, 0.3) is 0 Å². The zero-order valence-electron chi connectivity index (χ0n) is 6.75. The van der Waals surface area contributed by atoms with Gasteiger partial charge in [-0.05, 0) is 6.92 Å². The smallest absolute Gasteiger partial charge is 0.160 e. The van der Waals surface area contributed by atoms with Gasteiger partial charge in [0.1, 0.15) is 4.08 Å². The van der Waals surface area contributed by atoms with Gasteiger partial charge in [0.15, 0.2) is 5.78 Å². The van der Waals surface area contributed by atoms with Crippen molar-refractivity contribution in [2.45, 2.75) is 24.3 Å². The van der Waals surface area contributed by atoms with E-state index in [1.807, 2.05) is 6.92 Å². The van der Waals surface area contributed by atoms with Crippen LogP contribution in [-0.4, -0.2) is 25.6 Å². The molecule has 0 amide bonds. The zero-order chi connectivity index (χ0) is 8.48. The Bertz CT molecular complexity index is 203. The van der Waals surface area contributed by atoms with Gasteiger partial charge in [-0.25, -0.2) is 0 Å². The minimum Gasteiger partial charge on any atom is -0.297 e. The van der Waals surface area contributed by atoms with Crippen LogP contribution in [0.4, 0.5) is 0 Å². The molecule has 1 aliphatic heterocycles. The average molecular weight is 192 g/mol. The molecule has 1 saturated heterocycles. The molecular formula is C7H12O2S2. The van der Waals surface area contributed by atoms with Crippen LogP contribution in [0.2, 0.25) is 0 Å². The van der Waals surface area contributed by atoms with Gasteiger partial charge in [-0.15, -0.1) is 11.8 Å². The van der Waals surface area contributed by atoms with E-state index in [0.29, 0.717) is 12.2 Å². The van der Waals surface area contributed by atoms with Gasteiger partial charge in [-0.2, -0.15) is 0 Å². The van der Waals surface area contributed by atoms with E-state index >= 15 is 0 Å². The highest BCUT2D eigenvalue weighted by Crippen LogP contribution is 2.36. The second kappa shape index (κ2) is 3.27. The van der Waals surface area contributed by atoms with Crippen molar-refractivity contribution in [3.05, 3.63) is 0 Å². The molecule has 0 radical (unpaired) electrons.